The molecule has 0 atom stereocenters. The van der Waals surface area contributed by atoms with Crippen LogP contribution in [-0.2, 0) is 5.41 Å². The summed E-state index contributed by atoms with van der Waals surface area (Å²) in [5, 5.41) is 0. The lowest BCUT2D eigenvalue weighted by Gasteiger charge is -2.42. The van der Waals surface area contributed by atoms with Crippen LogP contribution >= 0.6 is 15.9 Å². The van der Waals surface area contributed by atoms with Gasteiger partial charge in [-0.05, 0) is 28.8 Å². The van der Waals surface area contributed by atoms with Crippen molar-refractivity contribution in [2.45, 2.75) is 24.7 Å². The van der Waals surface area contributed by atoms with Gasteiger partial charge < -0.3 is 15.2 Å². The Morgan fingerprint density at radius 2 is 2.06 bits per heavy atom. The summed E-state index contributed by atoms with van der Waals surface area (Å²) in [7, 11) is 0. The molecule has 18 heavy (non-hydrogen) atoms. The molecule has 0 spiro atoms. The highest BCUT2D eigenvalue weighted by atomic mass is 79.9. The molecule has 0 radical (unpaired) electrons. The lowest BCUT2D eigenvalue weighted by Crippen LogP contribution is -2.42. The fraction of sp³-hybridized carbons (Fsp3) is 0.538. The highest BCUT2D eigenvalue weighted by Crippen LogP contribution is 2.51. The maximum atomic E-state index is 14.3. The first kappa shape index (κ1) is 12.2. The van der Waals surface area contributed by atoms with Crippen molar-refractivity contribution in [2.24, 2.45) is 5.73 Å². The fourth-order valence-corrected chi connectivity index (χ4v) is 3.68. The van der Waals surface area contributed by atoms with Gasteiger partial charge >= 0.3 is 0 Å². The van der Waals surface area contributed by atoms with Gasteiger partial charge in [0.25, 0.3) is 0 Å². The van der Waals surface area contributed by atoms with Crippen LogP contribution in [0.25, 0.3) is 0 Å². The van der Waals surface area contributed by atoms with E-state index in [9.17, 15) is 4.39 Å². The Morgan fingerprint density at radius 1 is 1.33 bits per heavy atom. The van der Waals surface area contributed by atoms with E-state index < -0.39 is 0 Å². The molecule has 0 bridgehead atoms. The largest absolute Gasteiger partial charge is 0.486 e. The van der Waals surface area contributed by atoms with Crippen LogP contribution in [0, 0.1) is 5.82 Å². The summed E-state index contributed by atoms with van der Waals surface area (Å²) in [6.07, 6.45) is 2.95. The van der Waals surface area contributed by atoms with Crippen molar-refractivity contribution in [3.63, 3.8) is 0 Å². The number of halogens is 2. The summed E-state index contributed by atoms with van der Waals surface area (Å²) in [5.74, 6) is 0.828. The van der Waals surface area contributed by atoms with Crippen molar-refractivity contribution in [1.82, 2.24) is 0 Å². The molecule has 0 aromatic heterocycles. The maximum absolute atomic E-state index is 14.3. The lowest BCUT2D eigenvalue weighted by molar-refractivity contribution is 0.166. The molecule has 1 aliphatic carbocycles. The molecule has 3 nitrogen and oxygen atoms in total. The van der Waals surface area contributed by atoms with Gasteiger partial charge in [0.05, 0.1) is 4.47 Å². The van der Waals surface area contributed by atoms with Crippen molar-refractivity contribution in [2.75, 3.05) is 19.8 Å². The number of fused-ring (bicyclic) bond motifs is 1. The standard InChI is InChI=1S/C13H15BrFNO2/c14-11-10(13(7-16)2-1-3-13)8(15)6-9-12(11)18-5-4-17-9/h6H,1-5,7,16H2. The minimum atomic E-state index is -0.253. The summed E-state index contributed by atoms with van der Waals surface area (Å²) in [4.78, 5) is 0. The predicted molar refractivity (Wildman–Crippen MR) is 69.7 cm³/mol. The van der Waals surface area contributed by atoms with Gasteiger partial charge in [-0.15, -0.1) is 0 Å². The topological polar surface area (TPSA) is 44.5 Å². The third kappa shape index (κ3) is 1.64. The van der Waals surface area contributed by atoms with Crippen LogP contribution in [0.2, 0.25) is 0 Å². The van der Waals surface area contributed by atoms with Crippen LogP contribution in [-0.4, -0.2) is 19.8 Å². The van der Waals surface area contributed by atoms with E-state index in [1.807, 2.05) is 0 Å². The molecule has 1 saturated carbocycles. The average Bonchev–Trinajstić information content (AvgIpc) is 2.32. The second kappa shape index (κ2) is 4.38. The Balaban J connectivity index is 2.15. The minimum Gasteiger partial charge on any atom is -0.486 e. The molecule has 98 valence electrons. The van der Waals surface area contributed by atoms with Gasteiger partial charge in [-0.1, -0.05) is 6.42 Å². The number of benzene rings is 1. The average molecular weight is 316 g/mol. The molecule has 0 amide bonds. The van der Waals surface area contributed by atoms with Gasteiger partial charge in [0, 0.05) is 23.6 Å². The molecule has 0 unspecified atom stereocenters. The first-order valence-electron chi connectivity index (χ1n) is 6.16. The van der Waals surface area contributed by atoms with E-state index in [2.05, 4.69) is 15.9 Å². The summed E-state index contributed by atoms with van der Waals surface area (Å²) in [6, 6.07) is 1.42. The molecule has 2 aliphatic rings. The van der Waals surface area contributed by atoms with Crippen molar-refractivity contribution in [3.05, 3.63) is 21.9 Å². The second-order valence-electron chi connectivity index (χ2n) is 4.91. The van der Waals surface area contributed by atoms with E-state index in [-0.39, 0.29) is 11.2 Å². The Labute approximate surface area is 114 Å². The predicted octanol–water partition coefficient (Wildman–Crippen LogP) is 2.74. The molecule has 0 saturated heterocycles. The van der Waals surface area contributed by atoms with Gasteiger partial charge in [-0.2, -0.15) is 0 Å². The van der Waals surface area contributed by atoms with Crippen LogP contribution in [0.1, 0.15) is 24.8 Å². The van der Waals surface area contributed by atoms with Crippen LogP contribution in [0.4, 0.5) is 4.39 Å². The number of ether oxygens (including phenoxy) is 2. The quantitative estimate of drug-likeness (QED) is 0.912. The fourth-order valence-electron chi connectivity index (χ4n) is 2.76. The van der Waals surface area contributed by atoms with E-state index in [0.29, 0.717) is 41.3 Å². The van der Waals surface area contributed by atoms with Crippen LogP contribution < -0.4 is 15.2 Å². The first-order chi connectivity index (χ1) is 8.68. The Morgan fingerprint density at radius 3 is 2.67 bits per heavy atom. The Bertz CT molecular complexity index is 483. The highest BCUT2D eigenvalue weighted by Gasteiger charge is 2.42. The van der Waals surface area contributed by atoms with Crippen molar-refractivity contribution < 1.29 is 13.9 Å². The molecule has 1 heterocycles. The van der Waals surface area contributed by atoms with Gasteiger partial charge in [0.15, 0.2) is 11.5 Å². The van der Waals surface area contributed by atoms with Crippen molar-refractivity contribution >= 4 is 15.9 Å². The molecule has 3 rings (SSSR count). The molecule has 1 aromatic carbocycles. The minimum absolute atomic E-state index is 0.237. The van der Waals surface area contributed by atoms with Crippen LogP contribution in [0.15, 0.2) is 10.5 Å². The van der Waals surface area contributed by atoms with E-state index in [1.54, 1.807) is 0 Å². The second-order valence-corrected chi connectivity index (χ2v) is 5.70. The maximum Gasteiger partial charge on any atom is 0.176 e. The van der Waals surface area contributed by atoms with Crippen LogP contribution in [0.5, 0.6) is 11.5 Å². The third-order valence-electron chi connectivity index (χ3n) is 3.96. The smallest absolute Gasteiger partial charge is 0.176 e. The molecule has 1 aromatic rings. The Kier molecular flexibility index (Phi) is 2.98. The zero-order valence-electron chi connectivity index (χ0n) is 9.97. The SMILES string of the molecule is NCC1(c2c(F)cc3c(c2Br)OCCO3)CCC1. The molecule has 1 fully saturated rings. The van der Waals surface area contributed by atoms with E-state index in [4.69, 9.17) is 15.2 Å². The molecular weight excluding hydrogens is 301 g/mol. The van der Waals surface area contributed by atoms with E-state index in [0.717, 1.165) is 19.3 Å². The highest BCUT2D eigenvalue weighted by molar-refractivity contribution is 9.10. The van der Waals surface area contributed by atoms with Crippen molar-refractivity contribution in [3.8, 4) is 11.5 Å². The molecule has 5 heteroatoms. The van der Waals surface area contributed by atoms with E-state index in [1.165, 1.54) is 6.07 Å². The normalized spacial score (nSPS) is 20.4. The van der Waals surface area contributed by atoms with E-state index >= 15 is 0 Å². The van der Waals surface area contributed by atoms with Gasteiger partial charge in [-0.25, -0.2) is 4.39 Å². The zero-order chi connectivity index (χ0) is 12.8. The summed E-state index contributed by atoms with van der Waals surface area (Å²) < 4.78 is 26.0. The van der Waals surface area contributed by atoms with Crippen molar-refractivity contribution in [1.29, 1.82) is 0 Å². The van der Waals surface area contributed by atoms with Gasteiger partial charge in [0.2, 0.25) is 0 Å². The lowest BCUT2D eigenvalue weighted by atomic mass is 9.64. The summed E-state index contributed by atoms with van der Waals surface area (Å²) in [5.41, 5.74) is 6.27. The first-order valence-corrected chi connectivity index (χ1v) is 6.95. The summed E-state index contributed by atoms with van der Waals surface area (Å²) >= 11 is 3.47. The zero-order valence-corrected chi connectivity index (χ0v) is 11.6. The monoisotopic (exact) mass is 315 g/mol. The summed E-state index contributed by atoms with van der Waals surface area (Å²) in [6.45, 7) is 1.41. The number of hydrogen-bond acceptors (Lipinski definition) is 3. The number of rotatable bonds is 2. The van der Waals surface area contributed by atoms with Crippen LogP contribution in [0.3, 0.4) is 0 Å². The van der Waals surface area contributed by atoms with Gasteiger partial charge in [-0.3, -0.25) is 0 Å². The van der Waals surface area contributed by atoms with Gasteiger partial charge in [0.1, 0.15) is 19.0 Å². The molecule has 2 N–H and O–H groups in total. The number of nitrogens with two attached hydrogens (primary N) is 1. The number of hydrogen-bond donors (Lipinski definition) is 1. The Hall–Kier alpha value is -0.810. The molecule has 1 aliphatic heterocycles. The third-order valence-corrected chi connectivity index (χ3v) is 4.71. The molecular formula is C13H15BrFNO2.